The second kappa shape index (κ2) is 8.43. The van der Waals surface area contributed by atoms with Crippen LogP contribution in [0.2, 0.25) is 0 Å². The fourth-order valence-corrected chi connectivity index (χ4v) is 3.13. The first kappa shape index (κ1) is 16.4. The summed E-state index contributed by atoms with van der Waals surface area (Å²) in [4.78, 5) is 21.0. The number of rotatable bonds is 4. The van der Waals surface area contributed by atoms with E-state index in [0.29, 0.717) is 17.4 Å². The molecular weight excluding hydrogens is 300 g/mol. The zero-order valence-corrected chi connectivity index (χ0v) is 13.9. The minimum atomic E-state index is -0.150. The molecule has 0 saturated heterocycles. The van der Waals surface area contributed by atoms with Crippen LogP contribution in [-0.4, -0.2) is 21.9 Å². The second-order valence-electron chi connectivity index (χ2n) is 6.28. The van der Waals surface area contributed by atoms with Gasteiger partial charge in [-0.15, -0.1) is 0 Å². The first-order valence-corrected chi connectivity index (χ1v) is 8.76. The Kier molecular flexibility index (Phi) is 5.77. The van der Waals surface area contributed by atoms with Gasteiger partial charge < -0.3 is 10.6 Å². The minimum Gasteiger partial charge on any atom is -0.367 e. The van der Waals surface area contributed by atoms with Crippen molar-refractivity contribution in [3.63, 3.8) is 0 Å². The molecule has 1 fully saturated rings. The van der Waals surface area contributed by atoms with Crippen LogP contribution in [0.4, 0.5) is 11.5 Å². The van der Waals surface area contributed by atoms with E-state index in [9.17, 15) is 4.79 Å². The fraction of sp³-hybridized carbons (Fsp3) is 0.421. The highest BCUT2D eigenvalue weighted by Crippen LogP contribution is 2.22. The third-order valence-corrected chi connectivity index (χ3v) is 4.44. The van der Waals surface area contributed by atoms with Crippen molar-refractivity contribution in [1.82, 2.24) is 9.97 Å². The van der Waals surface area contributed by atoms with Gasteiger partial charge in [0.25, 0.3) is 5.91 Å². The Bertz CT molecular complexity index is 651. The number of aromatic nitrogens is 2. The summed E-state index contributed by atoms with van der Waals surface area (Å²) >= 11 is 0. The predicted octanol–water partition coefficient (Wildman–Crippen LogP) is 4.25. The van der Waals surface area contributed by atoms with E-state index >= 15 is 0 Å². The molecule has 0 radical (unpaired) electrons. The van der Waals surface area contributed by atoms with E-state index in [0.717, 1.165) is 18.5 Å². The number of nitrogens with zero attached hydrogens (tertiary/aromatic N) is 2. The van der Waals surface area contributed by atoms with Gasteiger partial charge in [-0.25, -0.2) is 4.98 Å². The Labute approximate surface area is 142 Å². The first-order chi connectivity index (χ1) is 11.8. The molecule has 1 aliphatic rings. The predicted molar refractivity (Wildman–Crippen MR) is 96.2 cm³/mol. The molecule has 5 nitrogen and oxygen atoms in total. The average molecular weight is 324 g/mol. The SMILES string of the molecule is O=C(Nc1ccncc1)c1cccnc1NC1CCCCCCC1. The molecule has 2 N–H and O–H groups in total. The molecule has 2 aromatic rings. The van der Waals surface area contributed by atoms with E-state index in [1.165, 1.54) is 32.1 Å². The smallest absolute Gasteiger partial charge is 0.259 e. The summed E-state index contributed by atoms with van der Waals surface area (Å²) in [6, 6.07) is 7.55. The van der Waals surface area contributed by atoms with Crippen molar-refractivity contribution in [3.8, 4) is 0 Å². The summed E-state index contributed by atoms with van der Waals surface area (Å²) in [5.41, 5.74) is 1.31. The van der Waals surface area contributed by atoms with Gasteiger partial charge in [-0.05, 0) is 37.1 Å². The van der Waals surface area contributed by atoms with Crippen LogP contribution in [0.3, 0.4) is 0 Å². The lowest BCUT2D eigenvalue weighted by atomic mass is 9.96. The van der Waals surface area contributed by atoms with E-state index < -0.39 is 0 Å². The van der Waals surface area contributed by atoms with Crippen molar-refractivity contribution in [2.75, 3.05) is 10.6 Å². The molecule has 0 unspecified atom stereocenters. The summed E-state index contributed by atoms with van der Waals surface area (Å²) in [6.07, 6.45) is 13.8. The molecule has 24 heavy (non-hydrogen) atoms. The lowest BCUT2D eigenvalue weighted by molar-refractivity contribution is 0.102. The van der Waals surface area contributed by atoms with E-state index in [2.05, 4.69) is 20.6 Å². The zero-order chi connectivity index (χ0) is 16.6. The van der Waals surface area contributed by atoms with Gasteiger partial charge in [0.05, 0.1) is 5.56 Å². The lowest BCUT2D eigenvalue weighted by Crippen LogP contribution is -2.24. The minimum absolute atomic E-state index is 0.150. The molecule has 126 valence electrons. The Morgan fingerprint density at radius 2 is 1.67 bits per heavy atom. The molecule has 3 rings (SSSR count). The number of anilines is 2. The van der Waals surface area contributed by atoms with Crippen LogP contribution in [0, 0.1) is 0 Å². The Hall–Kier alpha value is -2.43. The highest BCUT2D eigenvalue weighted by molar-refractivity contribution is 6.07. The third kappa shape index (κ3) is 4.54. The molecule has 0 bridgehead atoms. The van der Waals surface area contributed by atoms with Crippen molar-refractivity contribution >= 4 is 17.4 Å². The maximum atomic E-state index is 12.6. The van der Waals surface area contributed by atoms with Crippen molar-refractivity contribution in [3.05, 3.63) is 48.4 Å². The highest BCUT2D eigenvalue weighted by Gasteiger charge is 2.17. The van der Waals surface area contributed by atoms with E-state index in [1.807, 2.05) is 6.07 Å². The molecule has 0 spiro atoms. The standard InChI is InChI=1S/C19H24N4O/c24-19(23-16-10-13-20-14-11-16)17-9-6-12-21-18(17)22-15-7-4-2-1-3-5-8-15/h6,9-15H,1-5,7-8H2,(H,21,22)(H,20,23,24). The van der Waals surface area contributed by atoms with Gasteiger partial charge in [0.1, 0.15) is 5.82 Å². The van der Waals surface area contributed by atoms with Crippen LogP contribution in [0.1, 0.15) is 55.3 Å². The molecule has 0 aromatic carbocycles. The van der Waals surface area contributed by atoms with Crippen molar-refractivity contribution < 1.29 is 4.79 Å². The zero-order valence-electron chi connectivity index (χ0n) is 13.9. The molecule has 2 heterocycles. The van der Waals surface area contributed by atoms with Gasteiger partial charge in [-0.2, -0.15) is 0 Å². The van der Waals surface area contributed by atoms with Crippen molar-refractivity contribution in [2.45, 2.75) is 51.0 Å². The third-order valence-electron chi connectivity index (χ3n) is 4.44. The number of carbonyl (C=O) groups excluding carboxylic acids is 1. The Balaban J connectivity index is 1.71. The molecule has 1 amide bonds. The molecule has 2 aromatic heterocycles. The number of amides is 1. The van der Waals surface area contributed by atoms with E-state index in [1.54, 1.807) is 36.8 Å². The normalized spacial score (nSPS) is 16.0. The summed E-state index contributed by atoms with van der Waals surface area (Å²) in [6.45, 7) is 0. The van der Waals surface area contributed by atoms with Gasteiger partial charge in [-0.3, -0.25) is 9.78 Å². The molecular formula is C19H24N4O. The monoisotopic (exact) mass is 324 g/mol. The Morgan fingerprint density at radius 3 is 2.42 bits per heavy atom. The second-order valence-corrected chi connectivity index (χ2v) is 6.28. The average Bonchev–Trinajstić information content (AvgIpc) is 2.58. The first-order valence-electron chi connectivity index (χ1n) is 8.76. The maximum Gasteiger partial charge on any atom is 0.259 e. The van der Waals surface area contributed by atoms with Crippen LogP contribution >= 0.6 is 0 Å². The van der Waals surface area contributed by atoms with E-state index in [-0.39, 0.29) is 5.91 Å². The van der Waals surface area contributed by atoms with Crippen molar-refractivity contribution in [2.24, 2.45) is 0 Å². The van der Waals surface area contributed by atoms with Crippen LogP contribution in [0.25, 0.3) is 0 Å². The summed E-state index contributed by atoms with van der Waals surface area (Å²) in [5, 5.41) is 6.40. The number of pyridine rings is 2. The summed E-state index contributed by atoms with van der Waals surface area (Å²) in [5.74, 6) is 0.525. The molecule has 5 heteroatoms. The summed E-state index contributed by atoms with van der Waals surface area (Å²) < 4.78 is 0. The lowest BCUT2D eigenvalue weighted by Gasteiger charge is -2.22. The van der Waals surface area contributed by atoms with Gasteiger partial charge in [-0.1, -0.05) is 32.1 Å². The Morgan fingerprint density at radius 1 is 0.958 bits per heavy atom. The van der Waals surface area contributed by atoms with Crippen LogP contribution in [0.15, 0.2) is 42.9 Å². The topological polar surface area (TPSA) is 66.9 Å². The number of carbonyl (C=O) groups is 1. The molecule has 0 atom stereocenters. The number of nitrogens with one attached hydrogen (secondary N) is 2. The molecule has 0 aliphatic heterocycles. The summed E-state index contributed by atoms with van der Waals surface area (Å²) in [7, 11) is 0. The fourth-order valence-electron chi connectivity index (χ4n) is 3.13. The van der Waals surface area contributed by atoms with Gasteiger partial charge in [0.2, 0.25) is 0 Å². The van der Waals surface area contributed by atoms with Crippen LogP contribution in [-0.2, 0) is 0 Å². The van der Waals surface area contributed by atoms with Gasteiger partial charge in [0, 0.05) is 30.3 Å². The maximum absolute atomic E-state index is 12.6. The van der Waals surface area contributed by atoms with Crippen LogP contribution in [0.5, 0.6) is 0 Å². The van der Waals surface area contributed by atoms with Crippen LogP contribution < -0.4 is 10.6 Å². The number of hydrogen-bond acceptors (Lipinski definition) is 4. The quantitative estimate of drug-likeness (QED) is 0.882. The number of hydrogen-bond donors (Lipinski definition) is 2. The van der Waals surface area contributed by atoms with Gasteiger partial charge in [0.15, 0.2) is 0 Å². The van der Waals surface area contributed by atoms with Gasteiger partial charge >= 0.3 is 0 Å². The molecule has 1 aliphatic carbocycles. The van der Waals surface area contributed by atoms with Crippen molar-refractivity contribution in [1.29, 1.82) is 0 Å². The molecule has 1 saturated carbocycles. The highest BCUT2D eigenvalue weighted by atomic mass is 16.1. The van der Waals surface area contributed by atoms with E-state index in [4.69, 9.17) is 0 Å². The largest absolute Gasteiger partial charge is 0.367 e.